The van der Waals surface area contributed by atoms with Gasteiger partial charge in [0.2, 0.25) is 5.88 Å². The number of hydrogen-bond acceptors (Lipinski definition) is 4. The third-order valence-electron chi connectivity index (χ3n) is 4.35. The number of carbonyl (C=O) groups is 1. The number of pyridine rings is 1. The SMILES string of the molecule is CCc1ccc(CNC(=O)COc2nn(C)c3nc(C)cc(C)c23)cc1. The zero-order chi connectivity index (χ0) is 18.7. The number of nitrogens with zero attached hydrogens (tertiary/aromatic N) is 3. The predicted octanol–water partition coefficient (Wildman–Crippen LogP) is 2.84. The van der Waals surface area contributed by atoms with Crippen LogP contribution in [0.25, 0.3) is 11.0 Å². The first-order chi connectivity index (χ1) is 12.5. The fraction of sp³-hybridized carbons (Fsp3) is 0.350. The Kier molecular flexibility index (Phi) is 5.21. The van der Waals surface area contributed by atoms with E-state index >= 15 is 0 Å². The second-order valence-corrected chi connectivity index (χ2v) is 6.44. The smallest absolute Gasteiger partial charge is 0.258 e. The predicted molar refractivity (Wildman–Crippen MR) is 101 cm³/mol. The zero-order valence-electron chi connectivity index (χ0n) is 15.7. The monoisotopic (exact) mass is 352 g/mol. The van der Waals surface area contributed by atoms with Gasteiger partial charge in [-0.2, -0.15) is 0 Å². The van der Waals surface area contributed by atoms with Gasteiger partial charge in [0.05, 0.1) is 5.39 Å². The fourth-order valence-electron chi connectivity index (χ4n) is 2.93. The Morgan fingerprint density at radius 2 is 1.88 bits per heavy atom. The van der Waals surface area contributed by atoms with Gasteiger partial charge in [-0.1, -0.05) is 31.2 Å². The minimum absolute atomic E-state index is 0.0769. The third-order valence-corrected chi connectivity index (χ3v) is 4.35. The molecule has 1 aromatic carbocycles. The number of aryl methyl sites for hydroxylation is 4. The highest BCUT2D eigenvalue weighted by atomic mass is 16.5. The van der Waals surface area contributed by atoms with Gasteiger partial charge in [-0.25, -0.2) is 9.67 Å². The van der Waals surface area contributed by atoms with Crippen molar-refractivity contribution in [1.82, 2.24) is 20.1 Å². The minimum Gasteiger partial charge on any atom is -0.466 e. The number of aromatic nitrogens is 3. The maximum absolute atomic E-state index is 12.1. The largest absolute Gasteiger partial charge is 0.466 e. The molecule has 2 heterocycles. The first-order valence-corrected chi connectivity index (χ1v) is 8.76. The van der Waals surface area contributed by atoms with E-state index in [4.69, 9.17) is 4.74 Å². The summed E-state index contributed by atoms with van der Waals surface area (Å²) in [5.74, 6) is 0.260. The summed E-state index contributed by atoms with van der Waals surface area (Å²) in [5.41, 5.74) is 5.07. The molecule has 3 rings (SSSR count). The fourth-order valence-corrected chi connectivity index (χ4v) is 2.93. The van der Waals surface area contributed by atoms with Gasteiger partial charge < -0.3 is 10.1 Å². The Labute approximate surface area is 153 Å². The Balaban J connectivity index is 1.61. The molecule has 136 valence electrons. The van der Waals surface area contributed by atoms with Crippen LogP contribution in [0.1, 0.15) is 29.3 Å². The lowest BCUT2D eigenvalue weighted by Crippen LogP contribution is -2.28. The maximum atomic E-state index is 12.1. The van der Waals surface area contributed by atoms with Gasteiger partial charge in [0, 0.05) is 19.3 Å². The van der Waals surface area contributed by atoms with E-state index in [0.717, 1.165) is 34.3 Å². The van der Waals surface area contributed by atoms with Crippen LogP contribution in [0.2, 0.25) is 0 Å². The second-order valence-electron chi connectivity index (χ2n) is 6.44. The molecule has 2 aromatic heterocycles. The van der Waals surface area contributed by atoms with Crippen molar-refractivity contribution in [3.63, 3.8) is 0 Å². The standard InChI is InChI=1S/C20H24N4O2/c1-5-15-6-8-16(9-7-15)11-21-17(25)12-26-20-18-13(2)10-14(3)22-19(18)24(4)23-20/h6-10H,5,11-12H2,1-4H3,(H,21,25). The van der Waals surface area contributed by atoms with E-state index in [1.165, 1.54) is 5.56 Å². The maximum Gasteiger partial charge on any atom is 0.258 e. The minimum atomic E-state index is -0.180. The van der Waals surface area contributed by atoms with Crippen molar-refractivity contribution in [1.29, 1.82) is 0 Å². The molecule has 26 heavy (non-hydrogen) atoms. The van der Waals surface area contributed by atoms with Crippen molar-refractivity contribution >= 4 is 16.9 Å². The van der Waals surface area contributed by atoms with Crippen molar-refractivity contribution in [3.05, 3.63) is 52.7 Å². The average molecular weight is 352 g/mol. The number of nitrogens with one attached hydrogen (secondary N) is 1. The molecular formula is C20H24N4O2. The van der Waals surface area contributed by atoms with E-state index in [0.29, 0.717) is 12.4 Å². The zero-order valence-corrected chi connectivity index (χ0v) is 15.7. The lowest BCUT2D eigenvalue weighted by molar-refractivity contribution is -0.123. The van der Waals surface area contributed by atoms with Crippen molar-refractivity contribution in [2.75, 3.05) is 6.61 Å². The van der Waals surface area contributed by atoms with Crippen LogP contribution in [0.15, 0.2) is 30.3 Å². The molecule has 0 atom stereocenters. The summed E-state index contributed by atoms with van der Waals surface area (Å²) in [6.45, 7) is 6.46. The van der Waals surface area contributed by atoms with Crippen LogP contribution in [-0.2, 0) is 24.8 Å². The van der Waals surface area contributed by atoms with E-state index in [1.54, 1.807) is 4.68 Å². The molecule has 0 aliphatic rings. The van der Waals surface area contributed by atoms with E-state index < -0.39 is 0 Å². The topological polar surface area (TPSA) is 69.0 Å². The molecule has 0 saturated carbocycles. The summed E-state index contributed by atoms with van der Waals surface area (Å²) in [5, 5.41) is 8.07. The normalized spacial score (nSPS) is 10.9. The van der Waals surface area contributed by atoms with Gasteiger partial charge in [0.15, 0.2) is 12.3 Å². The second kappa shape index (κ2) is 7.56. The lowest BCUT2D eigenvalue weighted by atomic mass is 10.1. The Morgan fingerprint density at radius 1 is 1.19 bits per heavy atom. The summed E-state index contributed by atoms with van der Waals surface area (Å²) in [4.78, 5) is 16.6. The summed E-state index contributed by atoms with van der Waals surface area (Å²) in [7, 11) is 1.82. The molecule has 1 amide bonds. The number of hydrogen-bond donors (Lipinski definition) is 1. The van der Waals surface area contributed by atoms with Crippen molar-refractivity contribution in [2.24, 2.45) is 7.05 Å². The first-order valence-electron chi connectivity index (χ1n) is 8.76. The number of carbonyl (C=O) groups excluding carboxylic acids is 1. The summed E-state index contributed by atoms with van der Waals surface area (Å²) in [6.07, 6.45) is 1.01. The van der Waals surface area contributed by atoms with E-state index in [9.17, 15) is 4.79 Å². The number of benzene rings is 1. The summed E-state index contributed by atoms with van der Waals surface area (Å²) < 4.78 is 7.34. The highest BCUT2D eigenvalue weighted by Crippen LogP contribution is 2.26. The van der Waals surface area contributed by atoms with Crippen LogP contribution < -0.4 is 10.1 Å². The quantitative estimate of drug-likeness (QED) is 0.741. The van der Waals surface area contributed by atoms with E-state index in [1.807, 2.05) is 39.1 Å². The molecule has 6 heteroatoms. The van der Waals surface area contributed by atoms with E-state index in [-0.39, 0.29) is 12.5 Å². The molecule has 0 spiro atoms. The molecule has 6 nitrogen and oxygen atoms in total. The first kappa shape index (κ1) is 17.9. The van der Waals surface area contributed by atoms with E-state index in [2.05, 4.69) is 34.5 Å². The highest BCUT2D eigenvalue weighted by Gasteiger charge is 2.15. The summed E-state index contributed by atoms with van der Waals surface area (Å²) in [6, 6.07) is 10.2. The van der Waals surface area contributed by atoms with Crippen LogP contribution in [0, 0.1) is 13.8 Å². The molecule has 3 aromatic rings. The van der Waals surface area contributed by atoms with Crippen LogP contribution in [0.3, 0.4) is 0 Å². The molecule has 0 saturated heterocycles. The molecule has 0 aliphatic heterocycles. The van der Waals surface area contributed by atoms with Gasteiger partial charge in [-0.15, -0.1) is 5.10 Å². The number of ether oxygens (including phenoxy) is 1. The molecule has 0 aliphatic carbocycles. The number of fused-ring (bicyclic) bond motifs is 1. The van der Waals surface area contributed by atoms with Gasteiger partial charge in [-0.3, -0.25) is 4.79 Å². The van der Waals surface area contributed by atoms with Gasteiger partial charge in [0.25, 0.3) is 5.91 Å². The van der Waals surface area contributed by atoms with Gasteiger partial charge in [0.1, 0.15) is 0 Å². The molecular weight excluding hydrogens is 328 g/mol. The number of amides is 1. The van der Waals surface area contributed by atoms with Gasteiger partial charge in [-0.05, 0) is 43.0 Å². The van der Waals surface area contributed by atoms with Crippen LogP contribution >= 0.6 is 0 Å². The van der Waals surface area contributed by atoms with Crippen LogP contribution in [-0.4, -0.2) is 27.3 Å². The Hall–Kier alpha value is -2.89. The Morgan fingerprint density at radius 3 is 2.58 bits per heavy atom. The molecule has 0 radical (unpaired) electrons. The third kappa shape index (κ3) is 3.85. The van der Waals surface area contributed by atoms with Crippen LogP contribution in [0.5, 0.6) is 5.88 Å². The average Bonchev–Trinajstić information content (AvgIpc) is 2.94. The van der Waals surface area contributed by atoms with Crippen molar-refractivity contribution in [2.45, 2.75) is 33.7 Å². The molecule has 1 N–H and O–H groups in total. The summed E-state index contributed by atoms with van der Waals surface area (Å²) >= 11 is 0. The molecule has 0 unspecified atom stereocenters. The Bertz CT molecular complexity index is 929. The van der Waals surface area contributed by atoms with Gasteiger partial charge >= 0.3 is 0 Å². The molecule has 0 bridgehead atoms. The van der Waals surface area contributed by atoms with Crippen molar-refractivity contribution in [3.8, 4) is 5.88 Å². The van der Waals surface area contributed by atoms with Crippen molar-refractivity contribution < 1.29 is 9.53 Å². The lowest BCUT2D eigenvalue weighted by Gasteiger charge is -2.07. The molecule has 0 fully saturated rings. The number of rotatable bonds is 6. The highest BCUT2D eigenvalue weighted by molar-refractivity contribution is 5.85. The van der Waals surface area contributed by atoms with Crippen LogP contribution in [0.4, 0.5) is 0 Å².